The van der Waals surface area contributed by atoms with Gasteiger partial charge in [-0.25, -0.2) is 9.37 Å². The molecule has 2 aromatic rings. The van der Waals surface area contributed by atoms with Gasteiger partial charge in [0, 0.05) is 9.90 Å². The van der Waals surface area contributed by atoms with Crippen LogP contribution in [0.25, 0.3) is 0 Å². The highest BCUT2D eigenvalue weighted by molar-refractivity contribution is 7.15. The molecule has 1 aromatic carbocycles. The van der Waals surface area contributed by atoms with E-state index in [9.17, 15) is 9.18 Å². The van der Waals surface area contributed by atoms with Crippen molar-refractivity contribution in [1.29, 1.82) is 0 Å². The molecule has 0 aliphatic carbocycles. The number of halogens is 2. The molecule has 0 aliphatic rings. The molecule has 2 rings (SSSR count). The Morgan fingerprint density at radius 1 is 1.44 bits per heavy atom. The molecule has 3 nitrogen and oxygen atoms in total. The van der Waals surface area contributed by atoms with Crippen molar-refractivity contribution in [3.05, 3.63) is 45.2 Å². The quantitative estimate of drug-likeness (QED) is 0.911. The largest absolute Gasteiger partial charge is 0.298 e. The number of nitrogens with one attached hydrogen (secondary N) is 1. The fourth-order valence-electron chi connectivity index (χ4n) is 1.36. The van der Waals surface area contributed by atoms with Crippen molar-refractivity contribution in [3.8, 4) is 0 Å². The molecule has 0 fully saturated rings. The zero-order valence-corrected chi connectivity index (χ0v) is 11.3. The molecule has 0 atom stereocenters. The van der Waals surface area contributed by atoms with E-state index in [1.54, 1.807) is 0 Å². The van der Waals surface area contributed by atoms with Crippen molar-refractivity contribution in [2.75, 3.05) is 5.32 Å². The van der Waals surface area contributed by atoms with Gasteiger partial charge in [-0.2, -0.15) is 0 Å². The Balaban J connectivity index is 2.24. The van der Waals surface area contributed by atoms with Crippen LogP contribution in [-0.2, 0) is 0 Å². The fourth-order valence-corrected chi connectivity index (χ4v) is 2.34. The maximum atomic E-state index is 13.5. The standard InChI is InChI=1S/C12H10ClFN2OS/c1-6-7(2)18-12(15-6)16-11(17)9-5-8(13)3-4-10(9)14/h3-5H,1-2H3,(H,15,16,17). The highest BCUT2D eigenvalue weighted by atomic mass is 35.5. The number of anilines is 1. The molecule has 0 saturated carbocycles. The van der Waals surface area contributed by atoms with Crippen molar-refractivity contribution in [2.45, 2.75) is 13.8 Å². The van der Waals surface area contributed by atoms with Gasteiger partial charge in [-0.15, -0.1) is 11.3 Å². The van der Waals surface area contributed by atoms with Crippen LogP contribution >= 0.6 is 22.9 Å². The summed E-state index contributed by atoms with van der Waals surface area (Å²) in [6, 6.07) is 3.85. The number of amides is 1. The van der Waals surface area contributed by atoms with E-state index in [1.807, 2.05) is 13.8 Å². The molecule has 1 aromatic heterocycles. The minimum absolute atomic E-state index is 0.0898. The first-order valence-electron chi connectivity index (χ1n) is 5.18. The number of hydrogen-bond donors (Lipinski definition) is 1. The molecule has 0 unspecified atom stereocenters. The number of carbonyl (C=O) groups excluding carboxylic acids is 1. The average Bonchev–Trinajstić information content (AvgIpc) is 2.61. The maximum absolute atomic E-state index is 13.5. The van der Waals surface area contributed by atoms with Gasteiger partial charge in [-0.3, -0.25) is 10.1 Å². The van der Waals surface area contributed by atoms with Crippen molar-refractivity contribution in [1.82, 2.24) is 4.98 Å². The second-order valence-corrected chi connectivity index (χ2v) is 5.38. The maximum Gasteiger partial charge on any atom is 0.260 e. The first-order valence-corrected chi connectivity index (χ1v) is 6.37. The van der Waals surface area contributed by atoms with Crippen LogP contribution in [0, 0.1) is 19.7 Å². The lowest BCUT2D eigenvalue weighted by Gasteiger charge is -2.03. The molecule has 94 valence electrons. The molecular formula is C12H10ClFN2OS. The number of nitrogens with zero attached hydrogens (tertiary/aromatic N) is 1. The van der Waals surface area contributed by atoms with Gasteiger partial charge >= 0.3 is 0 Å². The van der Waals surface area contributed by atoms with E-state index >= 15 is 0 Å². The SMILES string of the molecule is Cc1nc(NC(=O)c2cc(Cl)ccc2F)sc1C. The van der Waals surface area contributed by atoms with Gasteiger partial charge < -0.3 is 0 Å². The van der Waals surface area contributed by atoms with Crippen LogP contribution in [0.15, 0.2) is 18.2 Å². The van der Waals surface area contributed by atoms with Crippen LogP contribution in [0.3, 0.4) is 0 Å². The molecule has 0 saturated heterocycles. The third-order valence-corrected chi connectivity index (χ3v) is 3.65. The zero-order valence-electron chi connectivity index (χ0n) is 9.75. The van der Waals surface area contributed by atoms with E-state index in [1.165, 1.54) is 23.5 Å². The number of aromatic nitrogens is 1. The van der Waals surface area contributed by atoms with Crippen LogP contribution in [-0.4, -0.2) is 10.9 Å². The summed E-state index contributed by atoms with van der Waals surface area (Å²) in [6.07, 6.45) is 0. The lowest BCUT2D eigenvalue weighted by molar-refractivity contribution is 0.102. The molecular weight excluding hydrogens is 275 g/mol. The van der Waals surface area contributed by atoms with Gasteiger partial charge in [0.1, 0.15) is 5.82 Å². The normalized spacial score (nSPS) is 10.4. The summed E-state index contributed by atoms with van der Waals surface area (Å²) in [5.74, 6) is -1.16. The molecule has 1 heterocycles. The Bertz CT molecular complexity index is 593. The molecule has 0 bridgehead atoms. The van der Waals surface area contributed by atoms with Gasteiger partial charge in [0.25, 0.3) is 5.91 Å². The molecule has 0 radical (unpaired) electrons. The average molecular weight is 285 g/mol. The van der Waals surface area contributed by atoms with Gasteiger partial charge in [-0.1, -0.05) is 11.6 Å². The second-order valence-electron chi connectivity index (χ2n) is 3.74. The summed E-state index contributed by atoms with van der Waals surface area (Å²) in [5.41, 5.74) is 0.759. The van der Waals surface area contributed by atoms with E-state index < -0.39 is 11.7 Å². The number of thiazole rings is 1. The molecule has 1 N–H and O–H groups in total. The summed E-state index contributed by atoms with van der Waals surface area (Å²) < 4.78 is 13.5. The zero-order chi connectivity index (χ0) is 13.3. The highest BCUT2D eigenvalue weighted by Crippen LogP contribution is 2.22. The first kappa shape index (κ1) is 13.0. The van der Waals surface area contributed by atoms with Crippen LogP contribution in [0.4, 0.5) is 9.52 Å². The Kier molecular flexibility index (Phi) is 3.63. The van der Waals surface area contributed by atoms with E-state index in [0.717, 1.165) is 16.6 Å². The summed E-state index contributed by atoms with van der Waals surface area (Å²) >= 11 is 7.08. The third-order valence-electron chi connectivity index (χ3n) is 2.42. The van der Waals surface area contributed by atoms with E-state index in [0.29, 0.717) is 10.2 Å². The summed E-state index contributed by atoms with van der Waals surface area (Å²) in [6.45, 7) is 3.75. The van der Waals surface area contributed by atoms with Crippen molar-refractivity contribution < 1.29 is 9.18 Å². The number of aryl methyl sites for hydroxylation is 2. The Labute approximate surface area is 113 Å². The van der Waals surface area contributed by atoms with Gasteiger partial charge in [-0.05, 0) is 32.0 Å². The topological polar surface area (TPSA) is 42.0 Å². The van der Waals surface area contributed by atoms with Crippen LogP contribution < -0.4 is 5.32 Å². The lowest BCUT2D eigenvalue weighted by atomic mass is 10.2. The number of rotatable bonds is 2. The second kappa shape index (κ2) is 5.04. The predicted molar refractivity (Wildman–Crippen MR) is 71.0 cm³/mol. The first-order chi connectivity index (χ1) is 8.47. The Morgan fingerprint density at radius 3 is 2.78 bits per heavy atom. The van der Waals surface area contributed by atoms with Crippen LogP contribution in [0.1, 0.15) is 20.9 Å². The summed E-state index contributed by atoms with van der Waals surface area (Å²) in [4.78, 5) is 17.0. The summed E-state index contributed by atoms with van der Waals surface area (Å²) in [7, 11) is 0. The highest BCUT2D eigenvalue weighted by Gasteiger charge is 2.14. The fraction of sp³-hybridized carbons (Fsp3) is 0.167. The van der Waals surface area contributed by atoms with Crippen molar-refractivity contribution in [3.63, 3.8) is 0 Å². The van der Waals surface area contributed by atoms with Crippen LogP contribution in [0.2, 0.25) is 5.02 Å². The summed E-state index contributed by atoms with van der Waals surface area (Å²) in [5, 5.41) is 3.32. The number of benzene rings is 1. The molecule has 18 heavy (non-hydrogen) atoms. The number of hydrogen-bond acceptors (Lipinski definition) is 3. The van der Waals surface area contributed by atoms with Gasteiger partial charge in [0.05, 0.1) is 11.3 Å². The smallest absolute Gasteiger partial charge is 0.260 e. The van der Waals surface area contributed by atoms with E-state index in [4.69, 9.17) is 11.6 Å². The minimum Gasteiger partial charge on any atom is -0.298 e. The minimum atomic E-state index is -0.609. The van der Waals surface area contributed by atoms with Gasteiger partial charge in [0.15, 0.2) is 5.13 Å². The molecule has 0 spiro atoms. The van der Waals surface area contributed by atoms with E-state index in [-0.39, 0.29) is 5.56 Å². The Morgan fingerprint density at radius 2 is 2.17 bits per heavy atom. The van der Waals surface area contributed by atoms with Gasteiger partial charge in [0.2, 0.25) is 0 Å². The molecule has 6 heteroatoms. The lowest BCUT2D eigenvalue weighted by Crippen LogP contribution is -2.13. The third kappa shape index (κ3) is 2.68. The van der Waals surface area contributed by atoms with Crippen molar-refractivity contribution >= 4 is 34.0 Å². The molecule has 1 amide bonds. The monoisotopic (exact) mass is 284 g/mol. The van der Waals surface area contributed by atoms with E-state index in [2.05, 4.69) is 10.3 Å². The number of carbonyl (C=O) groups is 1. The van der Waals surface area contributed by atoms with Crippen molar-refractivity contribution in [2.24, 2.45) is 0 Å². The Hall–Kier alpha value is -1.46. The molecule has 0 aliphatic heterocycles. The van der Waals surface area contributed by atoms with Crippen LogP contribution in [0.5, 0.6) is 0 Å². The predicted octanol–water partition coefficient (Wildman–Crippen LogP) is 3.80.